The highest BCUT2D eigenvalue weighted by Crippen LogP contribution is 2.23. The van der Waals surface area contributed by atoms with Crippen molar-refractivity contribution in [2.24, 2.45) is 0 Å². The van der Waals surface area contributed by atoms with Crippen LogP contribution in [0.4, 0.5) is 5.69 Å². The van der Waals surface area contributed by atoms with Crippen LogP contribution in [0, 0.1) is 6.92 Å². The fourth-order valence-corrected chi connectivity index (χ4v) is 1.79. The molecular formula is C10H14N2OS. The Labute approximate surface area is 87.6 Å². The summed E-state index contributed by atoms with van der Waals surface area (Å²) in [6.07, 6.45) is 1.68. The molecule has 0 radical (unpaired) electrons. The number of amides is 1. The van der Waals surface area contributed by atoms with Crippen LogP contribution < -0.4 is 11.1 Å². The summed E-state index contributed by atoms with van der Waals surface area (Å²) in [4.78, 5) is 13.2. The van der Waals surface area contributed by atoms with E-state index in [1.165, 1.54) is 11.3 Å². The van der Waals surface area contributed by atoms with Crippen LogP contribution in [0.25, 0.3) is 0 Å². The SMILES string of the molecule is C=CC(C)NC(=O)c1cc(N)c(C)s1. The van der Waals surface area contributed by atoms with Crippen LogP contribution in [0.2, 0.25) is 0 Å². The third-order valence-electron chi connectivity index (χ3n) is 1.89. The summed E-state index contributed by atoms with van der Waals surface area (Å²) in [6.45, 7) is 7.36. The first kappa shape index (κ1) is 10.8. The van der Waals surface area contributed by atoms with E-state index in [1.54, 1.807) is 12.1 Å². The van der Waals surface area contributed by atoms with Gasteiger partial charge in [-0.05, 0) is 19.9 Å². The van der Waals surface area contributed by atoms with Crippen LogP contribution in [-0.4, -0.2) is 11.9 Å². The number of nitrogen functional groups attached to an aromatic ring is 1. The fourth-order valence-electron chi connectivity index (χ4n) is 0.945. The number of hydrogen-bond donors (Lipinski definition) is 2. The van der Waals surface area contributed by atoms with Crippen molar-refractivity contribution in [1.82, 2.24) is 5.32 Å². The third kappa shape index (κ3) is 2.35. The second-order valence-corrected chi connectivity index (χ2v) is 4.38. The second-order valence-electron chi connectivity index (χ2n) is 3.12. The van der Waals surface area contributed by atoms with Crippen molar-refractivity contribution in [2.75, 3.05) is 5.73 Å². The minimum Gasteiger partial charge on any atom is -0.398 e. The molecule has 0 fully saturated rings. The van der Waals surface area contributed by atoms with Crippen LogP contribution >= 0.6 is 11.3 Å². The number of carbonyl (C=O) groups is 1. The van der Waals surface area contributed by atoms with Gasteiger partial charge < -0.3 is 11.1 Å². The van der Waals surface area contributed by atoms with Gasteiger partial charge in [-0.15, -0.1) is 17.9 Å². The van der Waals surface area contributed by atoms with Gasteiger partial charge >= 0.3 is 0 Å². The van der Waals surface area contributed by atoms with Gasteiger partial charge in [0, 0.05) is 16.6 Å². The lowest BCUT2D eigenvalue weighted by molar-refractivity contribution is 0.0951. The zero-order chi connectivity index (χ0) is 10.7. The van der Waals surface area contributed by atoms with Gasteiger partial charge in [-0.2, -0.15) is 0 Å². The Bertz CT molecular complexity index is 338. The maximum absolute atomic E-state index is 11.6. The highest BCUT2D eigenvalue weighted by molar-refractivity contribution is 7.14. The Morgan fingerprint density at radius 2 is 2.43 bits per heavy atom. The molecule has 0 bridgehead atoms. The van der Waals surface area contributed by atoms with Crippen molar-refractivity contribution in [3.8, 4) is 0 Å². The summed E-state index contributed by atoms with van der Waals surface area (Å²) in [5.74, 6) is -0.0952. The van der Waals surface area contributed by atoms with E-state index in [-0.39, 0.29) is 11.9 Å². The Hall–Kier alpha value is -1.29. The lowest BCUT2D eigenvalue weighted by Crippen LogP contribution is -2.30. The van der Waals surface area contributed by atoms with Crippen LogP contribution in [0.15, 0.2) is 18.7 Å². The smallest absolute Gasteiger partial charge is 0.261 e. The predicted molar refractivity (Wildman–Crippen MR) is 60.6 cm³/mol. The molecule has 1 amide bonds. The molecule has 0 saturated heterocycles. The molecule has 4 heteroatoms. The van der Waals surface area contributed by atoms with Crippen LogP contribution in [-0.2, 0) is 0 Å². The minimum absolute atomic E-state index is 0.0221. The molecule has 0 aliphatic rings. The van der Waals surface area contributed by atoms with E-state index in [4.69, 9.17) is 5.73 Å². The number of anilines is 1. The molecule has 1 aromatic heterocycles. The molecule has 1 heterocycles. The monoisotopic (exact) mass is 210 g/mol. The van der Waals surface area contributed by atoms with Gasteiger partial charge in [0.25, 0.3) is 5.91 Å². The standard InChI is InChI=1S/C10H14N2OS/c1-4-6(2)12-10(13)9-5-8(11)7(3)14-9/h4-6H,1,11H2,2-3H3,(H,12,13). The summed E-state index contributed by atoms with van der Waals surface area (Å²) in [5, 5.41) is 2.78. The quantitative estimate of drug-likeness (QED) is 0.749. The topological polar surface area (TPSA) is 55.1 Å². The largest absolute Gasteiger partial charge is 0.398 e. The van der Waals surface area contributed by atoms with Crippen molar-refractivity contribution < 1.29 is 4.79 Å². The van der Waals surface area contributed by atoms with Gasteiger partial charge in [-0.3, -0.25) is 4.79 Å². The summed E-state index contributed by atoms with van der Waals surface area (Å²) in [7, 11) is 0. The first-order valence-electron chi connectivity index (χ1n) is 4.34. The van der Waals surface area contributed by atoms with Crippen molar-refractivity contribution >= 4 is 22.9 Å². The molecule has 0 aromatic carbocycles. The summed E-state index contributed by atoms with van der Waals surface area (Å²) in [6, 6.07) is 1.68. The Morgan fingerprint density at radius 1 is 1.79 bits per heavy atom. The normalized spacial score (nSPS) is 12.1. The van der Waals surface area contributed by atoms with Crippen LogP contribution in [0.3, 0.4) is 0 Å². The number of hydrogen-bond acceptors (Lipinski definition) is 3. The van der Waals surface area contributed by atoms with Crippen LogP contribution in [0.1, 0.15) is 21.5 Å². The van der Waals surface area contributed by atoms with Gasteiger partial charge in [0.2, 0.25) is 0 Å². The molecule has 1 unspecified atom stereocenters. The molecular weight excluding hydrogens is 196 g/mol. The molecule has 14 heavy (non-hydrogen) atoms. The number of nitrogens with one attached hydrogen (secondary N) is 1. The van der Waals surface area contributed by atoms with Gasteiger partial charge in [-0.1, -0.05) is 6.08 Å². The Balaban J connectivity index is 2.74. The molecule has 0 aliphatic carbocycles. The van der Waals surface area contributed by atoms with Gasteiger partial charge in [0.1, 0.15) is 0 Å². The van der Waals surface area contributed by atoms with E-state index in [0.29, 0.717) is 10.6 Å². The zero-order valence-electron chi connectivity index (χ0n) is 8.33. The molecule has 3 N–H and O–H groups in total. The van der Waals surface area contributed by atoms with Gasteiger partial charge in [0.15, 0.2) is 0 Å². The first-order valence-corrected chi connectivity index (χ1v) is 5.15. The number of carbonyl (C=O) groups excluding carboxylic acids is 1. The lowest BCUT2D eigenvalue weighted by Gasteiger charge is -2.06. The zero-order valence-corrected chi connectivity index (χ0v) is 9.15. The van der Waals surface area contributed by atoms with Crippen LogP contribution in [0.5, 0.6) is 0 Å². The summed E-state index contributed by atoms with van der Waals surface area (Å²) >= 11 is 1.40. The maximum atomic E-state index is 11.6. The number of thiophene rings is 1. The van der Waals surface area contributed by atoms with E-state index in [1.807, 2.05) is 13.8 Å². The van der Waals surface area contributed by atoms with Gasteiger partial charge in [0.05, 0.1) is 4.88 Å². The van der Waals surface area contributed by atoms with E-state index >= 15 is 0 Å². The highest BCUT2D eigenvalue weighted by atomic mass is 32.1. The average molecular weight is 210 g/mol. The maximum Gasteiger partial charge on any atom is 0.261 e. The molecule has 0 aliphatic heterocycles. The lowest BCUT2D eigenvalue weighted by atomic mass is 10.3. The minimum atomic E-state index is -0.0952. The molecule has 1 atom stereocenters. The fraction of sp³-hybridized carbons (Fsp3) is 0.300. The molecule has 0 spiro atoms. The van der Waals surface area contributed by atoms with E-state index in [0.717, 1.165) is 4.88 Å². The van der Waals surface area contributed by atoms with E-state index in [2.05, 4.69) is 11.9 Å². The predicted octanol–water partition coefficient (Wildman–Crippen LogP) is 1.94. The molecule has 76 valence electrons. The Morgan fingerprint density at radius 3 is 2.86 bits per heavy atom. The Kier molecular flexibility index (Phi) is 3.30. The van der Waals surface area contributed by atoms with E-state index < -0.39 is 0 Å². The average Bonchev–Trinajstić information content (AvgIpc) is 2.47. The number of aryl methyl sites for hydroxylation is 1. The van der Waals surface area contributed by atoms with Gasteiger partial charge in [-0.25, -0.2) is 0 Å². The molecule has 0 saturated carbocycles. The van der Waals surface area contributed by atoms with Crippen molar-refractivity contribution in [3.63, 3.8) is 0 Å². The molecule has 1 aromatic rings. The second kappa shape index (κ2) is 4.28. The van der Waals surface area contributed by atoms with E-state index in [9.17, 15) is 4.79 Å². The summed E-state index contributed by atoms with van der Waals surface area (Å²) in [5.41, 5.74) is 6.32. The highest BCUT2D eigenvalue weighted by Gasteiger charge is 2.11. The first-order chi connectivity index (χ1) is 6.54. The van der Waals surface area contributed by atoms with Crippen molar-refractivity contribution in [1.29, 1.82) is 0 Å². The summed E-state index contributed by atoms with van der Waals surface area (Å²) < 4.78 is 0. The third-order valence-corrected chi connectivity index (χ3v) is 2.96. The van der Waals surface area contributed by atoms with Crippen molar-refractivity contribution in [3.05, 3.63) is 28.5 Å². The number of nitrogens with two attached hydrogens (primary N) is 1. The molecule has 1 rings (SSSR count). The van der Waals surface area contributed by atoms with Crippen molar-refractivity contribution in [2.45, 2.75) is 19.9 Å². The molecule has 3 nitrogen and oxygen atoms in total. The number of rotatable bonds is 3.